The highest BCUT2D eigenvalue weighted by atomic mass is 35.5. The first-order valence-electron chi connectivity index (χ1n) is 8.25. The van der Waals surface area contributed by atoms with Crippen molar-refractivity contribution >= 4 is 28.3 Å². The van der Waals surface area contributed by atoms with E-state index in [1.54, 1.807) is 12.1 Å². The molecule has 0 saturated carbocycles. The minimum atomic E-state index is 0.183. The minimum Gasteiger partial charge on any atom is -0.508 e. The maximum Gasteiger partial charge on any atom is 0.224 e. The summed E-state index contributed by atoms with van der Waals surface area (Å²) in [6, 6.07) is 23.2. The summed E-state index contributed by atoms with van der Waals surface area (Å²) in [5.74, 6) is 0.885. The quantitative estimate of drug-likeness (QED) is 0.486. The fraction of sp³-hybridized carbons (Fsp3) is 0.0476. The maximum absolute atomic E-state index is 9.99. The molecule has 4 nitrogen and oxygen atoms in total. The fourth-order valence-corrected chi connectivity index (χ4v) is 3.16. The molecule has 0 radical (unpaired) electrons. The van der Waals surface area contributed by atoms with Gasteiger partial charge in [0.15, 0.2) is 0 Å². The molecule has 0 unspecified atom stereocenters. The zero-order valence-corrected chi connectivity index (χ0v) is 14.6. The maximum atomic E-state index is 9.99. The Labute approximate surface area is 156 Å². The second-order valence-corrected chi connectivity index (χ2v) is 6.23. The van der Waals surface area contributed by atoms with E-state index in [-0.39, 0.29) is 11.0 Å². The van der Waals surface area contributed by atoms with E-state index in [0.717, 1.165) is 27.6 Å². The van der Waals surface area contributed by atoms with Crippen molar-refractivity contribution in [3.63, 3.8) is 0 Å². The molecule has 3 aromatic carbocycles. The molecule has 1 aromatic heterocycles. The number of fused-ring (bicyclic) bond motifs is 1. The van der Waals surface area contributed by atoms with Gasteiger partial charge in [-0.1, -0.05) is 60.7 Å². The number of rotatable bonds is 4. The second-order valence-electron chi connectivity index (χ2n) is 5.89. The summed E-state index contributed by atoms with van der Waals surface area (Å²) in [4.78, 5) is 8.75. The smallest absolute Gasteiger partial charge is 0.224 e. The third-order valence-electron chi connectivity index (χ3n) is 4.22. The largest absolute Gasteiger partial charge is 0.508 e. The van der Waals surface area contributed by atoms with E-state index in [1.165, 1.54) is 0 Å². The van der Waals surface area contributed by atoms with Gasteiger partial charge in [0.1, 0.15) is 11.6 Å². The molecular weight excluding hydrogens is 346 g/mol. The lowest BCUT2D eigenvalue weighted by atomic mass is 10.0. The normalized spacial score (nSPS) is 10.8. The van der Waals surface area contributed by atoms with Crippen LogP contribution in [0.15, 0.2) is 72.8 Å². The van der Waals surface area contributed by atoms with Crippen LogP contribution in [-0.2, 0) is 6.54 Å². The summed E-state index contributed by atoms with van der Waals surface area (Å²) in [6.07, 6.45) is 0. The van der Waals surface area contributed by atoms with Gasteiger partial charge in [-0.15, -0.1) is 0 Å². The lowest BCUT2D eigenvalue weighted by Gasteiger charge is -2.13. The Morgan fingerprint density at radius 2 is 1.62 bits per heavy atom. The summed E-state index contributed by atoms with van der Waals surface area (Å²) >= 11 is 6.12. The van der Waals surface area contributed by atoms with Gasteiger partial charge in [-0.3, -0.25) is 0 Å². The first-order valence-corrected chi connectivity index (χ1v) is 8.62. The van der Waals surface area contributed by atoms with Crippen LogP contribution in [0.4, 0.5) is 5.82 Å². The number of phenols is 1. The van der Waals surface area contributed by atoms with Crippen LogP contribution in [0.2, 0.25) is 5.28 Å². The molecule has 0 spiro atoms. The van der Waals surface area contributed by atoms with Crippen LogP contribution in [0.5, 0.6) is 5.75 Å². The first kappa shape index (κ1) is 16.4. The van der Waals surface area contributed by atoms with Crippen molar-refractivity contribution in [2.24, 2.45) is 0 Å². The molecule has 128 valence electrons. The molecule has 4 aromatic rings. The molecule has 0 fully saturated rings. The summed E-state index contributed by atoms with van der Waals surface area (Å²) < 4.78 is 0. The molecule has 0 amide bonds. The van der Waals surface area contributed by atoms with Crippen molar-refractivity contribution in [2.45, 2.75) is 6.54 Å². The van der Waals surface area contributed by atoms with Gasteiger partial charge in [-0.25, -0.2) is 9.97 Å². The Bertz CT molecular complexity index is 1070. The van der Waals surface area contributed by atoms with Crippen LogP contribution in [0.1, 0.15) is 5.56 Å². The van der Waals surface area contributed by atoms with Crippen LogP contribution in [0.25, 0.3) is 22.0 Å². The van der Waals surface area contributed by atoms with Crippen LogP contribution in [0, 0.1) is 0 Å². The highest BCUT2D eigenvalue weighted by Gasteiger charge is 2.13. The number of para-hydroxylation sites is 1. The average molecular weight is 362 g/mol. The topological polar surface area (TPSA) is 58.0 Å². The van der Waals surface area contributed by atoms with Gasteiger partial charge >= 0.3 is 0 Å². The van der Waals surface area contributed by atoms with Gasteiger partial charge in [0.25, 0.3) is 0 Å². The van der Waals surface area contributed by atoms with E-state index in [4.69, 9.17) is 11.6 Å². The number of phenolic OH excluding ortho intramolecular Hbond substituents is 1. The Kier molecular flexibility index (Phi) is 4.42. The third-order valence-corrected chi connectivity index (χ3v) is 4.39. The minimum absolute atomic E-state index is 0.183. The summed E-state index contributed by atoms with van der Waals surface area (Å²) in [5.41, 5.74) is 3.66. The molecule has 0 atom stereocenters. The van der Waals surface area contributed by atoms with Crippen molar-refractivity contribution < 1.29 is 5.11 Å². The predicted octanol–water partition coefficient (Wildman–Crippen LogP) is 5.27. The Morgan fingerprint density at radius 3 is 2.42 bits per heavy atom. The molecule has 1 heterocycles. The van der Waals surface area contributed by atoms with Crippen LogP contribution in [-0.4, -0.2) is 15.1 Å². The number of halogens is 1. The lowest BCUT2D eigenvalue weighted by Crippen LogP contribution is -2.04. The number of aromatic hydroxyl groups is 1. The SMILES string of the molecule is Oc1ccccc1CNc1nc(Cl)nc2cccc(-c3ccccc3)c12. The Balaban J connectivity index is 1.82. The van der Waals surface area contributed by atoms with Gasteiger partial charge < -0.3 is 10.4 Å². The third kappa shape index (κ3) is 3.19. The van der Waals surface area contributed by atoms with Crippen molar-refractivity contribution in [3.8, 4) is 16.9 Å². The lowest BCUT2D eigenvalue weighted by molar-refractivity contribution is 0.469. The molecule has 0 saturated heterocycles. The Morgan fingerprint density at radius 1 is 0.846 bits per heavy atom. The van der Waals surface area contributed by atoms with E-state index < -0.39 is 0 Å². The van der Waals surface area contributed by atoms with Crippen LogP contribution in [0.3, 0.4) is 0 Å². The van der Waals surface area contributed by atoms with Crippen molar-refractivity contribution in [1.29, 1.82) is 0 Å². The molecule has 0 aliphatic heterocycles. The monoisotopic (exact) mass is 361 g/mol. The molecule has 26 heavy (non-hydrogen) atoms. The van der Waals surface area contributed by atoms with Gasteiger partial charge in [-0.05, 0) is 34.9 Å². The summed E-state index contributed by atoms with van der Waals surface area (Å²) in [6.45, 7) is 0.429. The Hall–Kier alpha value is -3.11. The molecule has 0 aliphatic carbocycles. The van der Waals surface area contributed by atoms with Gasteiger partial charge in [0.05, 0.1) is 10.9 Å². The van der Waals surface area contributed by atoms with E-state index in [2.05, 4.69) is 27.4 Å². The fourth-order valence-electron chi connectivity index (χ4n) is 2.98. The zero-order chi connectivity index (χ0) is 17.9. The molecule has 5 heteroatoms. The summed E-state index contributed by atoms with van der Waals surface area (Å²) in [5, 5.41) is 14.4. The van der Waals surface area contributed by atoms with Gasteiger partial charge in [0, 0.05) is 12.1 Å². The first-order chi connectivity index (χ1) is 12.7. The number of nitrogens with zero attached hydrogens (tertiary/aromatic N) is 2. The van der Waals surface area contributed by atoms with Crippen LogP contribution < -0.4 is 5.32 Å². The predicted molar refractivity (Wildman–Crippen MR) is 105 cm³/mol. The molecular formula is C21H16ClN3O. The standard InChI is InChI=1S/C21H16ClN3O/c22-21-24-17-11-6-10-16(14-7-2-1-3-8-14)19(17)20(25-21)23-13-15-9-4-5-12-18(15)26/h1-12,26H,13H2,(H,23,24,25). The average Bonchev–Trinajstić information content (AvgIpc) is 2.67. The number of anilines is 1. The second kappa shape index (κ2) is 7.02. The number of benzene rings is 3. The molecule has 0 bridgehead atoms. The van der Waals surface area contributed by atoms with Crippen molar-refractivity contribution in [3.05, 3.63) is 83.6 Å². The number of aromatic nitrogens is 2. The van der Waals surface area contributed by atoms with Crippen molar-refractivity contribution in [1.82, 2.24) is 9.97 Å². The van der Waals surface area contributed by atoms with Crippen molar-refractivity contribution in [2.75, 3.05) is 5.32 Å². The molecule has 2 N–H and O–H groups in total. The highest BCUT2D eigenvalue weighted by Crippen LogP contribution is 2.33. The molecule has 4 rings (SSSR count). The zero-order valence-electron chi connectivity index (χ0n) is 13.9. The van der Waals surface area contributed by atoms with E-state index in [9.17, 15) is 5.11 Å². The summed E-state index contributed by atoms with van der Waals surface area (Å²) in [7, 11) is 0. The van der Waals surface area contributed by atoms with E-state index in [1.807, 2.05) is 48.5 Å². The van der Waals surface area contributed by atoms with E-state index in [0.29, 0.717) is 12.4 Å². The van der Waals surface area contributed by atoms with Crippen LogP contribution >= 0.6 is 11.6 Å². The van der Waals surface area contributed by atoms with Gasteiger partial charge in [-0.2, -0.15) is 0 Å². The molecule has 0 aliphatic rings. The van der Waals surface area contributed by atoms with E-state index >= 15 is 0 Å². The number of hydrogen-bond donors (Lipinski definition) is 2. The van der Waals surface area contributed by atoms with Gasteiger partial charge in [0.2, 0.25) is 5.28 Å². The number of nitrogens with one attached hydrogen (secondary N) is 1. The highest BCUT2D eigenvalue weighted by molar-refractivity contribution is 6.29. The number of hydrogen-bond acceptors (Lipinski definition) is 4.